The van der Waals surface area contributed by atoms with E-state index in [2.05, 4.69) is 30.5 Å². The van der Waals surface area contributed by atoms with E-state index in [0.717, 1.165) is 18.0 Å². The SMILES string of the molecule is CNCC1Oc2cccc(C)c2NC1C. The van der Waals surface area contributed by atoms with Crippen LogP contribution < -0.4 is 15.4 Å². The van der Waals surface area contributed by atoms with Crippen molar-refractivity contribution in [3.05, 3.63) is 23.8 Å². The van der Waals surface area contributed by atoms with E-state index in [-0.39, 0.29) is 6.10 Å². The first-order chi connectivity index (χ1) is 7.22. The lowest BCUT2D eigenvalue weighted by Gasteiger charge is -2.33. The van der Waals surface area contributed by atoms with Gasteiger partial charge in [0.1, 0.15) is 11.9 Å². The molecule has 1 aromatic carbocycles. The number of para-hydroxylation sites is 1. The number of ether oxygens (including phenoxy) is 1. The summed E-state index contributed by atoms with van der Waals surface area (Å²) in [5, 5.41) is 6.65. The molecule has 0 amide bonds. The average molecular weight is 206 g/mol. The highest BCUT2D eigenvalue weighted by molar-refractivity contribution is 5.63. The smallest absolute Gasteiger partial charge is 0.143 e. The molecule has 0 spiro atoms. The molecule has 15 heavy (non-hydrogen) atoms. The molecule has 2 unspecified atom stereocenters. The molecule has 2 atom stereocenters. The molecule has 0 aromatic heterocycles. The van der Waals surface area contributed by atoms with Crippen LogP contribution >= 0.6 is 0 Å². The van der Waals surface area contributed by atoms with Gasteiger partial charge in [0.2, 0.25) is 0 Å². The zero-order valence-electron chi connectivity index (χ0n) is 9.50. The number of hydrogen-bond acceptors (Lipinski definition) is 3. The topological polar surface area (TPSA) is 33.3 Å². The number of fused-ring (bicyclic) bond motifs is 1. The lowest BCUT2D eigenvalue weighted by atomic mass is 10.1. The van der Waals surface area contributed by atoms with Crippen molar-refractivity contribution in [1.82, 2.24) is 5.32 Å². The fraction of sp³-hybridized carbons (Fsp3) is 0.500. The van der Waals surface area contributed by atoms with Gasteiger partial charge in [0.05, 0.1) is 11.7 Å². The van der Waals surface area contributed by atoms with Crippen LogP contribution in [0.1, 0.15) is 12.5 Å². The van der Waals surface area contributed by atoms with E-state index in [1.54, 1.807) is 0 Å². The van der Waals surface area contributed by atoms with Gasteiger partial charge in [-0.3, -0.25) is 0 Å². The van der Waals surface area contributed by atoms with Crippen molar-refractivity contribution in [1.29, 1.82) is 0 Å². The van der Waals surface area contributed by atoms with Crippen LogP contribution in [0.15, 0.2) is 18.2 Å². The Morgan fingerprint density at radius 3 is 3.00 bits per heavy atom. The maximum atomic E-state index is 5.94. The van der Waals surface area contributed by atoms with Gasteiger partial charge in [-0.25, -0.2) is 0 Å². The first-order valence-electron chi connectivity index (χ1n) is 5.40. The molecule has 0 radical (unpaired) electrons. The number of likely N-dealkylation sites (N-methyl/N-ethyl adjacent to an activating group) is 1. The molecule has 1 aliphatic rings. The second-order valence-electron chi connectivity index (χ2n) is 4.10. The standard InChI is InChI=1S/C12H18N2O/c1-8-5-4-6-10-12(8)14-9(2)11(15-10)7-13-3/h4-6,9,11,13-14H,7H2,1-3H3. The number of aryl methyl sites for hydroxylation is 1. The van der Waals surface area contributed by atoms with Gasteiger partial charge in [-0.05, 0) is 32.5 Å². The molecule has 1 aliphatic heterocycles. The van der Waals surface area contributed by atoms with Crippen molar-refractivity contribution in [2.75, 3.05) is 18.9 Å². The average Bonchev–Trinajstić information content (AvgIpc) is 2.21. The molecule has 2 N–H and O–H groups in total. The minimum atomic E-state index is 0.198. The van der Waals surface area contributed by atoms with E-state index in [1.165, 1.54) is 5.56 Å². The van der Waals surface area contributed by atoms with Gasteiger partial charge in [-0.15, -0.1) is 0 Å². The first kappa shape index (κ1) is 10.3. The van der Waals surface area contributed by atoms with Gasteiger partial charge in [0.25, 0.3) is 0 Å². The summed E-state index contributed by atoms with van der Waals surface area (Å²) in [5.41, 5.74) is 2.37. The minimum absolute atomic E-state index is 0.198. The van der Waals surface area contributed by atoms with Crippen molar-refractivity contribution in [3.8, 4) is 5.75 Å². The monoisotopic (exact) mass is 206 g/mol. The number of nitrogens with one attached hydrogen (secondary N) is 2. The van der Waals surface area contributed by atoms with E-state index in [4.69, 9.17) is 4.74 Å². The van der Waals surface area contributed by atoms with Crippen molar-refractivity contribution in [2.24, 2.45) is 0 Å². The summed E-state index contributed by atoms with van der Waals surface area (Å²) < 4.78 is 5.94. The largest absolute Gasteiger partial charge is 0.485 e. The molecule has 0 aliphatic carbocycles. The summed E-state index contributed by atoms with van der Waals surface area (Å²) >= 11 is 0. The third kappa shape index (κ3) is 1.92. The Balaban J connectivity index is 2.25. The van der Waals surface area contributed by atoms with Gasteiger partial charge in [-0.1, -0.05) is 12.1 Å². The van der Waals surface area contributed by atoms with E-state index in [1.807, 2.05) is 19.2 Å². The molecular formula is C12H18N2O. The number of anilines is 1. The summed E-state index contributed by atoms with van der Waals surface area (Å²) in [6.07, 6.45) is 0.198. The summed E-state index contributed by atoms with van der Waals surface area (Å²) in [6.45, 7) is 5.11. The van der Waals surface area contributed by atoms with Gasteiger partial charge in [0.15, 0.2) is 0 Å². The summed E-state index contributed by atoms with van der Waals surface area (Å²) in [5.74, 6) is 0.966. The molecule has 0 saturated heterocycles. The van der Waals surface area contributed by atoms with Crippen LogP contribution in [0.25, 0.3) is 0 Å². The fourth-order valence-corrected chi connectivity index (χ4v) is 1.93. The molecule has 0 saturated carbocycles. The van der Waals surface area contributed by atoms with Crippen molar-refractivity contribution >= 4 is 5.69 Å². The normalized spacial score (nSPS) is 23.9. The number of hydrogen-bond donors (Lipinski definition) is 2. The van der Waals surface area contributed by atoms with Crippen LogP contribution in [0.2, 0.25) is 0 Å². The first-order valence-corrected chi connectivity index (χ1v) is 5.40. The molecule has 2 rings (SSSR count). The Hall–Kier alpha value is -1.22. The van der Waals surface area contributed by atoms with Crippen LogP contribution in [0.5, 0.6) is 5.75 Å². The van der Waals surface area contributed by atoms with Gasteiger partial charge in [0, 0.05) is 6.54 Å². The molecule has 1 aromatic rings. The third-order valence-corrected chi connectivity index (χ3v) is 2.85. The molecule has 1 heterocycles. The summed E-state index contributed by atoms with van der Waals surface area (Å²) in [4.78, 5) is 0. The Bertz CT molecular complexity index is 351. The van der Waals surface area contributed by atoms with Crippen LogP contribution in [-0.4, -0.2) is 25.7 Å². The molecular weight excluding hydrogens is 188 g/mol. The highest BCUT2D eigenvalue weighted by Crippen LogP contribution is 2.33. The summed E-state index contributed by atoms with van der Waals surface area (Å²) in [7, 11) is 1.95. The molecule has 0 fully saturated rings. The van der Waals surface area contributed by atoms with Crippen molar-refractivity contribution < 1.29 is 4.74 Å². The lowest BCUT2D eigenvalue weighted by Crippen LogP contribution is -2.45. The van der Waals surface area contributed by atoms with E-state index >= 15 is 0 Å². The van der Waals surface area contributed by atoms with Crippen LogP contribution in [-0.2, 0) is 0 Å². The second kappa shape index (κ2) is 4.11. The lowest BCUT2D eigenvalue weighted by molar-refractivity contribution is 0.174. The fourth-order valence-electron chi connectivity index (χ4n) is 1.93. The predicted octanol–water partition coefficient (Wildman–Crippen LogP) is 1.78. The van der Waals surface area contributed by atoms with E-state index < -0.39 is 0 Å². The van der Waals surface area contributed by atoms with Crippen LogP contribution in [0.3, 0.4) is 0 Å². The zero-order chi connectivity index (χ0) is 10.8. The molecule has 3 heteroatoms. The quantitative estimate of drug-likeness (QED) is 0.773. The molecule has 82 valence electrons. The second-order valence-corrected chi connectivity index (χ2v) is 4.10. The van der Waals surface area contributed by atoms with Gasteiger partial charge in [-0.2, -0.15) is 0 Å². The maximum Gasteiger partial charge on any atom is 0.143 e. The third-order valence-electron chi connectivity index (χ3n) is 2.85. The van der Waals surface area contributed by atoms with Gasteiger partial charge >= 0.3 is 0 Å². The van der Waals surface area contributed by atoms with E-state index in [0.29, 0.717) is 6.04 Å². The van der Waals surface area contributed by atoms with Crippen molar-refractivity contribution in [3.63, 3.8) is 0 Å². The van der Waals surface area contributed by atoms with Crippen molar-refractivity contribution in [2.45, 2.75) is 26.0 Å². The van der Waals surface area contributed by atoms with Gasteiger partial charge < -0.3 is 15.4 Å². The number of rotatable bonds is 2. The highest BCUT2D eigenvalue weighted by Gasteiger charge is 2.25. The number of benzene rings is 1. The summed E-state index contributed by atoms with van der Waals surface area (Å²) in [6, 6.07) is 6.48. The zero-order valence-corrected chi connectivity index (χ0v) is 9.50. The predicted molar refractivity (Wildman–Crippen MR) is 62.6 cm³/mol. The van der Waals surface area contributed by atoms with Crippen LogP contribution in [0.4, 0.5) is 5.69 Å². The van der Waals surface area contributed by atoms with E-state index in [9.17, 15) is 0 Å². The maximum absolute atomic E-state index is 5.94. The Labute approximate surface area is 90.8 Å². The Kier molecular flexibility index (Phi) is 2.82. The van der Waals surface area contributed by atoms with Crippen LogP contribution in [0, 0.1) is 6.92 Å². The Morgan fingerprint density at radius 1 is 1.47 bits per heavy atom. The highest BCUT2D eigenvalue weighted by atomic mass is 16.5. The minimum Gasteiger partial charge on any atom is -0.485 e. The molecule has 3 nitrogen and oxygen atoms in total. The Morgan fingerprint density at radius 2 is 2.27 bits per heavy atom. The molecule has 0 bridgehead atoms.